The highest BCUT2D eigenvalue weighted by Gasteiger charge is 2.37. The molecule has 32 heavy (non-hydrogen) atoms. The summed E-state index contributed by atoms with van der Waals surface area (Å²) >= 11 is 0. The smallest absolute Gasteiger partial charge is 0.315 e. The average Bonchev–Trinajstić information content (AvgIpc) is 2.72. The van der Waals surface area contributed by atoms with Gasteiger partial charge in [0.2, 0.25) is 5.75 Å². The van der Waals surface area contributed by atoms with Gasteiger partial charge >= 0.3 is 5.69 Å². The third-order valence-corrected chi connectivity index (χ3v) is 10.6. The Kier molecular flexibility index (Phi) is 10.3. The summed E-state index contributed by atoms with van der Waals surface area (Å²) in [6, 6.07) is 3.05. The van der Waals surface area contributed by atoms with Crippen LogP contribution >= 0.6 is 0 Å². The second-order valence-electron chi connectivity index (χ2n) is 9.27. The molecule has 1 aromatic carbocycles. The highest BCUT2D eigenvalue weighted by Crippen LogP contribution is 2.42. The summed E-state index contributed by atoms with van der Waals surface area (Å²) in [5.74, 6) is 0.391. The zero-order chi connectivity index (χ0) is 24.7. The number of hydrogen-bond donors (Lipinski definition) is 0. The van der Waals surface area contributed by atoms with Crippen molar-refractivity contribution in [1.82, 2.24) is 0 Å². The number of rotatable bonds is 12. The molecule has 0 saturated carbocycles. The summed E-state index contributed by atoms with van der Waals surface area (Å²) in [6.45, 7) is 13.4. The number of methoxy groups -OCH3 is 4. The first-order chi connectivity index (χ1) is 14.8. The minimum absolute atomic E-state index is 0.112. The van der Waals surface area contributed by atoms with E-state index in [9.17, 15) is 10.1 Å². The monoisotopic (exact) mass is 469 g/mol. The van der Waals surface area contributed by atoms with Crippen molar-refractivity contribution in [3.63, 3.8) is 0 Å². The highest BCUT2D eigenvalue weighted by atomic mass is 28.4. The molecule has 0 saturated heterocycles. The van der Waals surface area contributed by atoms with Gasteiger partial charge in [0.05, 0.1) is 44.0 Å². The maximum atomic E-state index is 11.5. The van der Waals surface area contributed by atoms with Crippen molar-refractivity contribution in [2.75, 3.05) is 35.0 Å². The van der Waals surface area contributed by atoms with Crippen LogP contribution in [0.5, 0.6) is 11.5 Å². The molecule has 0 aliphatic carbocycles. The van der Waals surface area contributed by atoms with Gasteiger partial charge in [-0.1, -0.05) is 39.8 Å². The third-order valence-electron chi connectivity index (χ3n) is 6.09. The van der Waals surface area contributed by atoms with Crippen LogP contribution in [0.15, 0.2) is 24.3 Å². The Balaban J connectivity index is 3.14. The fourth-order valence-electron chi connectivity index (χ4n) is 3.03. The fourth-order valence-corrected chi connectivity index (χ4v) is 4.04. The molecule has 0 aliphatic rings. The van der Waals surface area contributed by atoms with E-state index in [1.165, 1.54) is 20.3 Å². The zero-order valence-corrected chi connectivity index (χ0v) is 22.1. The molecular weight excluding hydrogens is 430 g/mol. The minimum Gasteiger partial charge on any atom is -0.496 e. The van der Waals surface area contributed by atoms with Crippen LogP contribution in [0.4, 0.5) is 5.69 Å². The second-order valence-corrected chi connectivity index (χ2v) is 14.1. The Morgan fingerprint density at radius 2 is 1.69 bits per heavy atom. The zero-order valence-electron chi connectivity index (χ0n) is 21.1. The van der Waals surface area contributed by atoms with Crippen molar-refractivity contribution in [3.8, 4) is 11.5 Å². The molecule has 1 aromatic rings. The Morgan fingerprint density at radius 3 is 2.12 bits per heavy atom. The van der Waals surface area contributed by atoms with Crippen LogP contribution in [0.25, 0.3) is 0 Å². The summed E-state index contributed by atoms with van der Waals surface area (Å²) < 4.78 is 28.2. The number of hydrogen-bond acceptors (Lipinski definition) is 7. The van der Waals surface area contributed by atoms with Crippen LogP contribution in [0.2, 0.25) is 18.1 Å². The van der Waals surface area contributed by atoms with Gasteiger partial charge in [0.1, 0.15) is 5.75 Å². The van der Waals surface area contributed by atoms with Gasteiger partial charge in [0.15, 0.2) is 8.32 Å². The van der Waals surface area contributed by atoms with Gasteiger partial charge < -0.3 is 23.4 Å². The van der Waals surface area contributed by atoms with Crippen molar-refractivity contribution in [2.24, 2.45) is 5.92 Å². The van der Waals surface area contributed by atoms with Crippen molar-refractivity contribution in [1.29, 1.82) is 0 Å². The molecule has 0 unspecified atom stereocenters. The molecule has 0 bridgehead atoms. The summed E-state index contributed by atoms with van der Waals surface area (Å²) in [4.78, 5) is 11.1. The molecule has 0 radical (unpaired) electrons. The lowest BCUT2D eigenvalue weighted by atomic mass is 9.94. The van der Waals surface area contributed by atoms with Crippen LogP contribution in [-0.2, 0) is 13.9 Å². The maximum Gasteiger partial charge on any atom is 0.315 e. The Bertz CT molecular complexity index is 789. The molecular formula is C23H39NO7Si. The van der Waals surface area contributed by atoms with Crippen LogP contribution < -0.4 is 9.47 Å². The maximum absolute atomic E-state index is 11.5. The van der Waals surface area contributed by atoms with Crippen LogP contribution in [0.1, 0.15) is 39.4 Å². The van der Waals surface area contributed by atoms with Gasteiger partial charge in [-0.25, -0.2) is 0 Å². The summed E-state index contributed by atoms with van der Waals surface area (Å²) in [5.41, 5.74) is 0.377. The first kappa shape index (κ1) is 28.1. The molecule has 3 atom stereocenters. The van der Waals surface area contributed by atoms with Gasteiger partial charge in [-0.15, -0.1) is 0 Å². The first-order valence-electron chi connectivity index (χ1n) is 10.6. The molecule has 182 valence electrons. The van der Waals surface area contributed by atoms with E-state index in [1.807, 2.05) is 19.1 Å². The van der Waals surface area contributed by atoms with E-state index in [0.717, 1.165) is 0 Å². The first-order valence-corrected chi connectivity index (χ1v) is 13.5. The summed E-state index contributed by atoms with van der Waals surface area (Å²) in [6.07, 6.45) is 3.21. The largest absolute Gasteiger partial charge is 0.496 e. The van der Waals surface area contributed by atoms with Crippen LogP contribution in [-0.4, -0.2) is 54.4 Å². The van der Waals surface area contributed by atoms with E-state index >= 15 is 0 Å². The molecule has 1 rings (SSSR count). The lowest BCUT2D eigenvalue weighted by Gasteiger charge is -2.36. The number of nitro groups is 1. The van der Waals surface area contributed by atoms with E-state index in [2.05, 4.69) is 33.9 Å². The van der Waals surface area contributed by atoms with Crippen molar-refractivity contribution in [3.05, 3.63) is 40.0 Å². The van der Waals surface area contributed by atoms with Gasteiger partial charge in [0.25, 0.3) is 0 Å². The number of ether oxygens (including phenoxy) is 4. The lowest BCUT2D eigenvalue weighted by Crippen LogP contribution is -2.42. The standard InChI is InChI=1S/C23H39NO7Si/c1-16(11-12-17(27-5)15-31-32(9,10)23(2,3)4)21(29-7)19-13-18(28-6)14-20(24(25)26)22(19)30-8/h11-14,16-17,21H,15H2,1-10H3/b12-11+/t16-,17-,21+/m0/s1. The Labute approximate surface area is 193 Å². The van der Waals surface area contributed by atoms with Crippen LogP contribution in [0.3, 0.4) is 0 Å². The molecule has 0 N–H and O–H groups in total. The van der Waals surface area contributed by atoms with Crippen molar-refractivity contribution < 1.29 is 28.3 Å². The van der Waals surface area contributed by atoms with E-state index in [4.69, 9.17) is 23.4 Å². The lowest BCUT2D eigenvalue weighted by molar-refractivity contribution is -0.385. The SMILES string of the molecule is COc1cc([C@H](OC)[C@@H](C)/C=C/[C@@H](CO[Si](C)(C)C(C)(C)C)OC)c(OC)c([N+](=O)[O-])c1. The minimum atomic E-state index is -1.89. The van der Waals surface area contributed by atoms with E-state index in [1.54, 1.807) is 20.3 Å². The molecule has 8 nitrogen and oxygen atoms in total. The number of nitrogens with zero attached hydrogens (tertiary/aromatic N) is 1. The molecule has 0 aromatic heterocycles. The molecule has 0 amide bonds. The van der Waals surface area contributed by atoms with Gasteiger partial charge in [0, 0.05) is 25.7 Å². The second kappa shape index (κ2) is 11.8. The van der Waals surface area contributed by atoms with Crippen molar-refractivity contribution >= 4 is 14.0 Å². The van der Waals surface area contributed by atoms with E-state index in [-0.39, 0.29) is 28.5 Å². The molecule has 0 fully saturated rings. The third kappa shape index (κ3) is 7.03. The summed E-state index contributed by atoms with van der Waals surface area (Å²) in [7, 11) is 4.19. The van der Waals surface area contributed by atoms with Gasteiger partial charge in [-0.2, -0.15) is 0 Å². The molecule has 0 aliphatic heterocycles. The van der Waals surface area contributed by atoms with E-state index in [0.29, 0.717) is 17.9 Å². The Morgan fingerprint density at radius 1 is 1.06 bits per heavy atom. The van der Waals surface area contributed by atoms with Crippen molar-refractivity contribution in [2.45, 2.75) is 58.0 Å². The predicted molar refractivity (Wildman–Crippen MR) is 128 cm³/mol. The van der Waals surface area contributed by atoms with Crippen LogP contribution in [0, 0.1) is 16.0 Å². The topological polar surface area (TPSA) is 89.3 Å². The quantitative estimate of drug-likeness (QED) is 0.172. The number of nitro benzene ring substituents is 1. The predicted octanol–water partition coefficient (Wildman–Crippen LogP) is 5.53. The fraction of sp³-hybridized carbons (Fsp3) is 0.652. The molecule has 0 spiro atoms. The normalized spacial score (nSPS) is 15.4. The summed E-state index contributed by atoms with van der Waals surface area (Å²) in [5, 5.41) is 11.7. The molecule has 9 heteroatoms. The Hall–Kier alpha value is -1.94. The molecule has 0 heterocycles. The highest BCUT2D eigenvalue weighted by molar-refractivity contribution is 6.74. The van der Waals surface area contributed by atoms with Gasteiger partial charge in [-0.05, 0) is 24.2 Å². The van der Waals surface area contributed by atoms with E-state index < -0.39 is 19.3 Å². The number of benzene rings is 1. The average molecular weight is 470 g/mol. The van der Waals surface area contributed by atoms with Gasteiger partial charge in [-0.3, -0.25) is 10.1 Å².